The number of rotatable bonds is 7. The Bertz CT molecular complexity index is 457. The minimum atomic E-state index is -0.199. The quantitative estimate of drug-likeness (QED) is 0.726. The standard InChI is InChI=1S/C14H21ClN2O3/c1-3-19-14(5-4-6-14)10-17(13(18)8-15)9-12-7-11(2)20-16-12/h7H,3-6,8-10H2,1-2H3. The highest BCUT2D eigenvalue weighted by molar-refractivity contribution is 6.27. The Labute approximate surface area is 124 Å². The maximum Gasteiger partial charge on any atom is 0.237 e. The minimum Gasteiger partial charge on any atom is -0.373 e. The lowest BCUT2D eigenvalue weighted by molar-refractivity contribution is -0.144. The molecule has 0 N–H and O–H groups in total. The number of aromatic nitrogens is 1. The summed E-state index contributed by atoms with van der Waals surface area (Å²) in [5.41, 5.74) is 0.543. The predicted octanol–water partition coefficient (Wildman–Crippen LogP) is 2.51. The highest BCUT2D eigenvalue weighted by atomic mass is 35.5. The van der Waals surface area contributed by atoms with Crippen molar-refractivity contribution in [3.05, 3.63) is 17.5 Å². The molecule has 1 heterocycles. The van der Waals surface area contributed by atoms with Crippen LogP contribution in [0.1, 0.15) is 37.6 Å². The lowest BCUT2D eigenvalue weighted by atomic mass is 9.79. The maximum absolute atomic E-state index is 12.0. The number of ether oxygens (including phenoxy) is 1. The van der Waals surface area contributed by atoms with E-state index in [1.54, 1.807) is 4.90 Å². The summed E-state index contributed by atoms with van der Waals surface area (Å²) in [6, 6.07) is 1.84. The number of carbonyl (C=O) groups excluding carboxylic acids is 1. The third kappa shape index (κ3) is 3.52. The fourth-order valence-corrected chi connectivity index (χ4v) is 2.75. The fourth-order valence-electron chi connectivity index (χ4n) is 2.58. The molecule has 112 valence electrons. The van der Waals surface area contributed by atoms with E-state index in [-0.39, 0.29) is 17.4 Å². The van der Waals surface area contributed by atoms with Crippen molar-refractivity contribution in [3.8, 4) is 0 Å². The Morgan fingerprint density at radius 2 is 2.35 bits per heavy atom. The van der Waals surface area contributed by atoms with Gasteiger partial charge in [-0.05, 0) is 33.1 Å². The summed E-state index contributed by atoms with van der Waals surface area (Å²) in [5, 5.41) is 3.94. The van der Waals surface area contributed by atoms with Crippen molar-refractivity contribution in [1.82, 2.24) is 10.1 Å². The summed E-state index contributed by atoms with van der Waals surface area (Å²) >= 11 is 5.71. The zero-order valence-corrected chi connectivity index (χ0v) is 12.8. The number of nitrogens with zero attached hydrogens (tertiary/aromatic N) is 2. The van der Waals surface area contributed by atoms with Crippen LogP contribution in [-0.4, -0.2) is 40.6 Å². The summed E-state index contributed by atoms with van der Waals surface area (Å²) in [6.45, 7) is 5.45. The lowest BCUT2D eigenvalue weighted by Gasteiger charge is -2.44. The molecule has 0 radical (unpaired) electrons. The van der Waals surface area contributed by atoms with Crippen LogP contribution in [0.4, 0.5) is 0 Å². The van der Waals surface area contributed by atoms with Crippen LogP contribution in [0.5, 0.6) is 0 Å². The molecule has 6 heteroatoms. The molecule has 0 atom stereocenters. The molecule has 0 bridgehead atoms. The average Bonchev–Trinajstić information content (AvgIpc) is 2.79. The SMILES string of the molecule is CCOC1(CN(Cc2cc(C)on2)C(=O)CCl)CCC1. The van der Waals surface area contributed by atoms with Gasteiger partial charge in [0.1, 0.15) is 17.3 Å². The summed E-state index contributed by atoms with van der Waals surface area (Å²) in [6.07, 6.45) is 3.13. The van der Waals surface area contributed by atoms with Gasteiger partial charge in [0.25, 0.3) is 0 Å². The highest BCUT2D eigenvalue weighted by Gasteiger charge is 2.40. The van der Waals surface area contributed by atoms with Gasteiger partial charge in [-0.25, -0.2) is 0 Å². The van der Waals surface area contributed by atoms with E-state index in [0.717, 1.165) is 30.7 Å². The Balaban J connectivity index is 2.05. The van der Waals surface area contributed by atoms with Crippen molar-refractivity contribution >= 4 is 17.5 Å². The van der Waals surface area contributed by atoms with E-state index in [1.165, 1.54) is 0 Å². The van der Waals surface area contributed by atoms with Crippen molar-refractivity contribution in [3.63, 3.8) is 0 Å². The van der Waals surface area contributed by atoms with E-state index in [1.807, 2.05) is 19.9 Å². The van der Waals surface area contributed by atoms with Crippen LogP contribution in [0, 0.1) is 6.92 Å². The van der Waals surface area contributed by atoms with Gasteiger partial charge in [0.05, 0.1) is 18.7 Å². The molecule has 0 saturated heterocycles. The van der Waals surface area contributed by atoms with Crippen molar-refractivity contribution in [2.45, 2.75) is 45.3 Å². The van der Waals surface area contributed by atoms with E-state index in [0.29, 0.717) is 19.7 Å². The molecule has 1 fully saturated rings. The zero-order valence-electron chi connectivity index (χ0n) is 12.0. The van der Waals surface area contributed by atoms with Gasteiger partial charge in [-0.15, -0.1) is 11.6 Å². The van der Waals surface area contributed by atoms with E-state index in [2.05, 4.69) is 5.16 Å². The molecule has 20 heavy (non-hydrogen) atoms. The number of hydrogen-bond donors (Lipinski definition) is 0. The Morgan fingerprint density at radius 1 is 1.60 bits per heavy atom. The number of halogens is 1. The molecule has 0 aromatic carbocycles. The van der Waals surface area contributed by atoms with Gasteiger partial charge in [-0.3, -0.25) is 4.79 Å². The number of amides is 1. The van der Waals surface area contributed by atoms with Gasteiger partial charge in [-0.2, -0.15) is 0 Å². The van der Waals surface area contributed by atoms with Crippen LogP contribution in [0.25, 0.3) is 0 Å². The van der Waals surface area contributed by atoms with Gasteiger partial charge >= 0.3 is 0 Å². The third-order valence-electron chi connectivity index (χ3n) is 3.69. The summed E-state index contributed by atoms with van der Waals surface area (Å²) < 4.78 is 10.9. The lowest BCUT2D eigenvalue weighted by Crippen LogP contribution is -2.51. The van der Waals surface area contributed by atoms with E-state index < -0.39 is 0 Å². The van der Waals surface area contributed by atoms with Crippen molar-refractivity contribution in [2.75, 3.05) is 19.0 Å². The molecule has 1 amide bonds. The van der Waals surface area contributed by atoms with Gasteiger partial charge < -0.3 is 14.2 Å². The van der Waals surface area contributed by atoms with Crippen LogP contribution in [0.15, 0.2) is 10.6 Å². The number of hydrogen-bond acceptors (Lipinski definition) is 4. The molecular weight excluding hydrogens is 280 g/mol. The molecule has 1 aliphatic carbocycles. The molecule has 0 unspecified atom stereocenters. The highest BCUT2D eigenvalue weighted by Crippen LogP contribution is 2.36. The summed E-state index contributed by atoms with van der Waals surface area (Å²) in [7, 11) is 0. The van der Waals surface area contributed by atoms with E-state index >= 15 is 0 Å². The normalized spacial score (nSPS) is 16.8. The number of aryl methyl sites for hydroxylation is 1. The minimum absolute atomic E-state index is 0.0287. The number of carbonyl (C=O) groups is 1. The van der Waals surface area contributed by atoms with Crippen molar-refractivity contribution in [2.24, 2.45) is 0 Å². The average molecular weight is 301 g/mol. The van der Waals surface area contributed by atoms with Crippen LogP contribution in [-0.2, 0) is 16.1 Å². The first kappa shape index (κ1) is 15.3. The zero-order chi connectivity index (χ0) is 14.6. The third-order valence-corrected chi connectivity index (χ3v) is 3.92. The number of alkyl halides is 1. The van der Waals surface area contributed by atoms with Gasteiger partial charge in [-0.1, -0.05) is 5.16 Å². The molecular formula is C14H21ClN2O3. The summed E-state index contributed by atoms with van der Waals surface area (Å²) in [4.78, 5) is 13.7. The first-order valence-electron chi connectivity index (χ1n) is 6.98. The van der Waals surface area contributed by atoms with Crippen molar-refractivity contribution < 1.29 is 14.1 Å². The molecule has 1 aromatic rings. The largest absolute Gasteiger partial charge is 0.373 e. The van der Waals surface area contributed by atoms with Crippen LogP contribution in [0.2, 0.25) is 0 Å². The second kappa shape index (κ2) is 6.59. The first-order chi connectivity index (χ1) is 9.58. The molecule has 5 nitrogen and oxygen atoms in total. The van der Waals surface area contributed by atoms with E-state index in [4.69, 9.17) is 20.9 Å². The Kier molecular flexibility index (Phi) is 5.05. The second-order valence-corrected chi connectivity index (χ2v) is 5.55. The van der Waals surface area contributed by atoms with Gasteiger partial charge in [0.2, 0.25) is 5.91 Å². The predicted molar refractivity (Wildman–Crippen MR) is 75.6 cm³/mol. The van der Waals surface area contributed by atoms with Gasteiger partial charge in [0, 0.05) is 12.7 Å². The van der Waals surface area contributed by atoms with Crippen molar-refractivity contribution in [1.29, 1.82) is 0 Å². The second-order valence-electron chi connectivity index (χ2n) is 5.28. The summed E-state index contributed by atoms with van der Waals surface area (Å²) in [5.74, 6) is 0.610. The van der Waals surface area contributed by atoms with Crippen LogP contribution >= 0.6 is 11.6 Å². The maximum atomic E-state index is 12.0. The van der Waals surface area contributed by atoms with E-state index in [9.17, 15) is 4.79 Å². The monoisotopic (exact) mass is 300 g/mol. The van der Waals surface area contributed by atoms with Crippen LogP contribution < -0.4 is 0 Å². The molecule has 2 rings (SSSR count). The fraction of sp³-hybridized carbons (Fsp3) is 0.714. The molecule has 1 aliphatic rings. The van der Waals surface area contributed by atoms with Gasteiger partial charge in [0.15, 0.2) is 0 Å². The van der Waals surface area contributed by atoms with Crippen LogP contribution in [0.3, 0.4) is 0 Å². The molecule has 1 aromatic heterocycles. The first-order valence-corrected chi connectivity index (χ1v) is 7.52. The topological polar surface area (TPSA) is 55.6 Å². The Morgan fingerprint density at radius 3 is 2.80 bits per heavy atom. The smallest absolute Gasteiger partial charge is 0.237 e. The molecule has 1 saturated carbocycles. The molecule has 0 aliphatic heterocycles. The Hall–Kier alpha value is -1.07. The molecule has 0 spiro atoms.